The fourth-order valence-electron chi connectivity index (χ4n) is 5.49. The van der Waals surface area contributed by atoms with Crippen molar-refractivity contribution in [3.63, 3.8) is 0 Å². The highest BCUT2D eigenvalue weighted by molar-refractivity contribution is 9.10. The van der Waals surface area contributed by atoms with Gasteiger partial charge in [0.05, 0.1) is 7.11 Å². The first-order chi connectivity index (χ1) is 10.5. The van der Waals surface area contributed by atoms with Crippen LogP contribution in [0.25, 0.3) is 0 Å². The predicted molar refractivity (Wildman–Crippen MR) is 133 cm³/mol. The molecule has 0 N–H and O–H groups in total. The Morgan fingerprint density at radius 3 is 1.29 bits per heavy atom. The molecule has 1 fully saturated rings. The van der Waals surface area contributed by atoms with E-state index in [1.54, 1.807) is 5.19 Å². The third kappa shape index (κ3) is 2.28. The van der Waals surface area contributed by atoms with E-state index in [1.165, 1.54) is 4.47 Å². The number of rotatable bonds is 1. The van der Waals surface area contributed by atoms with Crippen LogP contribution < -0.4 is 5.19 Å². The quantitative estimate of drug-likeness (QED) is 0.328. The van der Waals surface area contributed by atoms with Crippen LogP contribution >= 0.6 is 27.0 Å². The average Bonchev–Trinajstić information content (AvgIpc) is 2.45. The molecule has 0 spiro atoms. The van der Waals surface area contributed by atoms with E-state index in [1.807, 2.05) is 0 Å². The Morgan fingerprint density at radius 2 is 0.958 bits per heavy atom. The maximum atomic E-state index is 7.71. The molecule has 1 aliphatic rings. The number of hydrogen-bond donors (Lipinski definition) is 0. The van der Waals surface area contributed by atoms with Crippen molar-refractivity contribution in [3.05, 3.63) is 28.7 Å². The van der Waals surface area contributed by atoms with E-state index in [9.17, 15) is 0 Å². The van der Waals surface area contributed by atoms with E-state index < -0.39 is 42.0 Å². The molecule has 136 valence electrons. The number of hydrogen-bond acceptors (Lipinski definition) is 0. The molecular weight excluding hydrogens is 476 g/mol. The van der Waals surface area contributed by atoms with E-state index in [4.69, 9.17) is 11.1 Å². The van der Waals surface area contributed by atoms with Crippen LogP contribution in [0.5, 0.6) is 0 Å². The van der Waals surface area contributed by atoms with Crippen LogP contribution in [0.15, 0.2) is 28.7 Å². The highest BCUT2D eigenvalue weighted by Crippen LogP contribution is 2.52. The fraction of sp³-hybridized carbons (Fsp3) is 0.625. The Kier molecular flexibility index (Phi) is 5.30. The lowest BCUT2D eigenvalue weighted by Crippen LogP contribution is -3.02. The Hall–Kier alpha value is 1.29. The van der Waals surface area contributed by atoms with Crippen molar-refractivity contribution >= 4 is 74.2 Å². The molecule has 1 heterocycles. The zero-order valence-electron chi connectivity index (χ0n) is 17.1. The highest BCUT2D eigenvalue weighted by atomic mass is 79.9. The molecule has 1 aliphatic heterocycles. The summed E-state index contributed by atoms with van der Waals surface area (Å²) in [5.41, 5.74) is 0. The molecule has 0 unspecified atom stereocenters. The number of benzene rings is 1. The molecule has 0 amide bonds. The molecule has 8 heteroatoms. The molecule has 1 saturated heterocycles. The van der Waals surface area contributed by atoms with Gasteiger partial charge in [-0.15, -0.1) is 0 Å². The van der Waals surface area contributed by atoms with Crippen molar-refractivity contribution in [2.75, 3.05) is 0 Å². The van der Waals surface area contributed by atoms with Gasteiger partial charge in [0.25, 0.3) is 0 Å². The first kappa shape index (κ1) is 21.6. The second-order valence-electron chi connectivity index (χ2n) is 10.1. The largest absolute Gasteiger partial charge is 0.175 e. The molecule has 0 saturated carbocycles. The van der Waals surface area contributed by atoms with Crippen molar-refractivity contribution in [2.24, 2.45) is 0 Å². The minimum absolute atomic E-state index is 1.21. The summed E-state index contributed by atoms with van der Waals surface area (Å²) in [7, 11) is -7.15. The molecular formula is C16H34BrClSi6. The van der Waals surface area contributed by atoms with Gasteiger partial charge < -0.3 is 0 Å². The molecule has 24 heavy (non-hydrogen) atoms. The van der Waals surface area contributed by atoms with Crippen molar-refractivity contribution in [1.82, 2.24) is 0 Å². The van der Waals surface area contributed by atoms with Gasteiger partial charge in [0.2, 0.25) is 0 Å². The minimum atomic E-state index is -1.65. The average molecular weight is 510 g/mol. The Morgan fingerprint density at radius 1 is 0.625 bits per heavy atom. The zero-order chi connectivity index (χ0) is 19.0. The van der Waals surface area contributed by atoms with Crippen LogP contribution in [0.3, 0.4) is 0 Å². The Labute approximate surface area is 167 Å². The lowest BCUT2D eigenvalue weighted by molar-refractivity contribution is 1.67. The lowest BCUT2D eigenvalue weighted by atomic mass is 10.4. The van der Waals surface area contributed by atoms with E-state index in [2.05, 4.69) is 106 Å². The van der Waals surface area contributed by atoms with Crippen LogP contribution in [-0.4, -0.2) is 42.0 Å². The topological polar surface area (TPSA) is 0 Å². The standard InChI is InChI=1S/C16H34BrClSi6/c1-19(2)21(5,6)24(10,18)22(7,8)20(3,4)23(19,9)16-13-11-15(17)12-14-16/h11-14H,1-10H3. The normalized spacial score (nSPS) is 36.3. The van der Waals surface area contributed by atoms with E-state index >= 15 is 0 Å². The summed E-state index contributed by atoms with van der Waals surface area (Å²) in [6.07, 6.45) is -1.65. The van der Waals surface area contributed by atoms with Gasteiger partial charge >= 0.3 is 0 Å². The summed E-state index contributed by atoms with van der Waals surface area (Å²) in [5.74, 6) is 0. The van der Waals surface area contributed by atoms with Crippen molar-refractivity contribution in [3.8, 4) is 0 Å². The third-order valence-electron chi connectivity index (χ3n) is 9.39. The Balaban J connectivity index is 2.90. The predicted octanol–water partition coefficient (Wildman–Crippen LogP) is 5.87. The van der Waals surface area contributed by atoms with Crippen LogP contribution in [0.2, 0.25) is 65.5 Å². The smallest absolute Gasteiger partial charge is 0.130 e. The third-order valence-corrected chi connectivity index (χ3v) is 165. The molecule has 0 aromatic heterocycles. The maximum absolute atomic E-state index is 7.71. The van der Waals surface area contributed by atoms with Crippen molar-refractivity contribution < 1.29 is 0 Å². The number of halogens is 2. The Bertz CT molecular complexity index is 621. The molecule has 0 atom stereocenters. The first-order valence-corrected chi connectivity index (χ1v) is 33.8. The summed E-state index contributed by atoms with van der Waals surface area (Å²) >= 11 is 11.4. The van der Waals surface area contributed by atoms with Gasteiger partial charge in [-0.3, -0.25) is 0 Å². The van der Waals surface area contributed by atoms with Gasteiger partial charge in [0.15, 0.2) is 0 Å². The minimum Gasteiger partial charge on any atom is -0.175 e. The van der Waals surface area contributed by atoms with E-state index in [0.717, 1.165) is 0 Å². The van der Waals surface area contributed by atoms with Crippen LogP contribution in [0, 0.1) is 0 Å². The second-order valence-corrected chi connectivity index (χ2v) is 84.1. The van der Waals surface area contributed by atoms with Gasteiger partial charge in [0, 0.05) is 32.9 Å². The summed E-state index contributed by atoms with van der Waals surface area (Å²) in [4.78, 5) is 0. The van der Waals surface area contributed by atoms with Crippen LogP contribution in [0.1, 0.15) is 0 Å². The summed E-state index contributed by atoms with van der Waals surface area (Å²) in [5, 5.41) is 1.75. The van der Waals surface area contributed by atoms with Gasteiger partial charge in [-0.1, -0.05) is 98.7 Å². The van der Waals surface area contributed by atoms with E-state index in [0.29, 0.717) is 0 Å². The SMILES string of the molecule is C[Si]1(C)[Si](C)(C)[Si](C)(c2ccc(Br)cc2)[Si](C)(C)[Si](C)(C)[Si]1(C)Cl. The maximum Gasteiger partial charge on any atom is 0.130 e. The molecule has 0 bridgehead atoms. The zero-order valence-corrected chi connectivity index (χ0v) is 25.4. The monoisotopic (exact) mass is 508 g/mol. The highest BCUT2D eigenvalue weighted by Gasteiger charge is 2.79. The fourth-order valence-corrected chi connectivity index (χ4v) is 251. The van der Waals surface area contributed by atoms with Crippen LogP contribution in [0.4, 0.5) is 0 Å². The van der Waals surface area contributed by atoms with Gasteiger partial charge in [-0.25, -0.2) is 0 Å². The second kappa shape index (κ2) is 5.89. The van der Waals surface area contributed by atoms with Gasteiger partial charge in [-0.05, 0) is 12.1 Å². The van der Waals surface area contributed by atoms with Crippen molar-refractivity contribution in [1.29, 1.82) is 0 Å². The summed E-state index contributed by atoms with van der Waals surface area (Å²) < 4.78 is 1.21. The molecule has 1 aromatic carbocycles. The molecule has 1 aromatic rings. The van der Waals surface area contributed by atoms with E-state index in [-0.39, 0.29) is 0 Å². The summed E-state index contributed by atoms with van der Waals surface area (Å²) in [6.45, 7) is 27.3. The molecule has 0 nitrogen and oxygen atoms in total. The van der Waals surface area contributed by atoms with Gasteiger partial charge in [0.1, 0.15) is 6.42 Å². The van der Waals surface area contributed by atoms with Crippen LogP contribution in [-0.2, 0) is 0 Å². The lowest BCUT2D eigenvalue weighted by Gasteiger charge is -2.71. The molecule has 2 rings (SSSR count). The molecule has 0 radical (unpaired) electrons. The van der Waals surface area contributed by atoms with Crippen molar-refractivity contribution in [2.45, 2.75) is 65.5 Å². The first-order valence-electron chi connectivity index (χ1n) is 8.95. The summed E-state index contributed by atoms with van der Waals surface area (Å²) in [6, 6.07) is 9.54. The van der Waals surface area contributed by atoms with Gasteiger partial charge in [-0.2, -0.15) is 11.1 Å². The molecule has 0 aliphatic carbocycles.